The fourth-order valence-electron chi connectivity index (χ4n) is 2.95. The summed E-state index contributed by atoms with van der Waals surface area (Å²) in [5.74, 6) is -1.21. The van der Waals surface area contributed by atoms with Crippen LogP contribution in [0.2, 0.25) is 0 Å². The molecule has 0 unspecified atom stereocenters. The third-order valence-corrected chi connectivity index (χ3v) is 4.22. The molecule has 0 bridgehead atoms. The van der Waals surface area contributed by atoms with E-state index in [4.69, 9.17) is 4.74 Å². The van der Waals surface area contributed by atoms with E-state index in [1.54, 1.807) is 10.6 Å². The Hall–Kier alpha value is -2.86. The standard InChI is InChI=1S/C19H20N2O4/c1-3-20-10-16(19(23)24)17(22)15-9-13(2)21(18(15)20)12-25-11-14-7-5-4-6-8-14/h4-10H,3,11-12H2,1-2H3,(H,23,24). The molecule has 6 nitrogen and oxygen atoms in total. The van der Waals surface area contributed by atoms with Crippen LogP contribution in [0.3, 0.4) is 0 Å². The van der Waals surface area contributed by atoms with Crippen LogP contribution < -0.4 is 5.43 Å². The van der Waals surface area contributed by atoms with Gasteiger partial charge in [0.05, 0.1) is 12.0 Å². The van der Waals surface area contributed by atoms with Crippen LogP contribution in [0.25, 0.3) is 11.0 Å². The lowest BCUT2D eigenvalue weighted by atomic mass is 10.2. The third kappa shape index (κ3) is 3.21. The van der Waals surface area contributed by atoms with Gasteiger partial charge in [0.1, 0.15) is 17.9 Å². The summed E-state index contributed by atoms with van der Waals surface area (Å²) in [5, 5.41) is 9.65. The van der Waals surface area contributed by atoms with Gasteiger partial charge in [0.2, 0.25) is 5.43 Å². The van der Waals surface area contributed by atoms with Crippen molar-refractivity contribution in [3.05, 3.63) is 69.6 Å². The summed E-state index contributed by atoms with van der Waals surface area (Å²) >= 11 is 0. The number of benzene rings is 1. The van der Waals surface area contributed by atoms with Gasteiger partial charge in [-0.05, 0) is 25.5 Å². The average Bonchev–Trinajstić information content (AvgIpc) is 2.93. The molecule has 6 heteroatoms. The molecule has 0 aliphatic heterocycles. The van der Waals surface area contributed by atoms with Gasteiger partial charge >= 0.3 is 5.97 Å². The summed E-state index contributed by atoms with van der Waals surface area (Å²) in [7, 11) is 0. The van der Waals surface area contributed by atoms with E-state index in [1.165, 1.54) is 6.20 Å². The third-order valence-electron chi connectivity index (χ3n) is 4.22. The number of hydrogen-bond acceptors (Lipinski definition) is 3. The molecule has 0 aliphatic carbocycles. The molecule has 25 heavy (non-hydrogen) atoms. The number of ether oxygens (including phenoxy) is 1. The molecule has 0 saturated carbocycles. The minimum atomic E-state index is -1.21. The Morgan fingerprint density at radius 1 is 1.24 bits per heavy atom. The van der Waals surface area contributed by atoms with Crippen LogP contribution in [0.15, 0.2) is 47.4 Å². The highest BCUT2D eigenvalue weighted by Gasteiger charge is 2.18. The number of carboxylic acid groups (broad SMARTS) is 1. The maximum absolute atomic E-state index is 12.5. The zero-order chi connectivity index (χ0) is 18.0. The molecule has 0 atom stereocenters. The van der Waals surface area contributed by atoms with Crippen molar-refractivity contribution >= 4 is 17.0 Å². The Kier molecular flexibility index (Phi) is 4.72. The van der Waals surface area contributed by atoms with Gasteiger partial charge in [-0.15, -0.1) is 0 Å². The van der Waals surface area contributed by atoms with Gasteiger partial charge in [0, 0.05) is 18.4 Å². The molecular weight excluding hydrogens is 320 g/mol. The summed E-state index contributed by atoms with van der Waals surface area (Å²) in [6.45, 7) is 5.09. The van der Waals surface area contributed by atoms with Gasteiger partial charge in [-0.3, -0.25) is 4.79 Å². The minimum absolute atomic E-state index is 0.211. The van der Waals surface area contributed by atoms with Gasteiger partial charge in [-0.25, -0.2) is 4.79 Å². The molecule has 1 aromatic carbocycles. The highest BCUT2D eigenvalue weighted by atomic mass is 16.5. The second kappa shape index (κ2) is 6.94. The number of carboxylic acids is 1. The highest BCUT2D eigenvalue weighted by molar-refractivity contribution is 5.92. The highest BCUT2D eigenvalue weighted by Crippen LogP contribution is 2.18. The number of nitrogens with zero attached hydrogens (tertiary/aromatic N) is 2. The molecule has 2 heterocycles. The second-order valence-corrected chi connectivity index (χ2v) is 5.88. The van der Waals surface area contributed by atoms with Crippen molar-refractivity contribution in [2.75, 3.05) is 0 Å². The Balaban J connectivity index is 1.98. The summed E-state index contributed by atoms with van der Waals surface area (Å²) in [6.07, 6.45) is 1.40. The van der Waals surface area contributed by atoms with Crippen molar-refractivity contribution in [2.45, 2.75) is 33.7 Å². The first-order valence-electron chi connectivity index (χ1n) is 8.11. The zero-order valence-electron chi connectivity index (χ0n) is 14.2. The predicted molar refractivity (Wildman–Crippen MR) is 94.8 cm³/mol. The van der Waals surface area contributed by atoms with E-state index in [0.717, 1.165) is 11.3 Å². The van der Waals surface area contributed by atoms with Crippen LogP contribution in [0.5, 0.6) is 0 Å². The van der Waals surface area contributed by atoms with Crippen molar-refractivity contribution in [3.63, 3.8) is 0 Å². The number of fused-ring (bicyclic) bond motifs is 1. The Labute approximate surface area is 144 Å². The molecule has 130 valence electrons. The maximum Gasteiger partial charge on any atom is 0.341 e. The average molecular weight is 340 g/mol. The summed E-state index contributed by atoms with van der Waals surface area (Å²) < 4.78 is 9.48. The zero-order valence-corrected chi connectivity index (χ0v) is 14.2. The van der Waals surface area contributed by atoms with E-state index < -0.39 is 11.4 Å². The SMILES string of the molecule is CCn1cc(C(=O)O)c(=O)c2cc(C)n(COCc3ccccc3)c21. The Bertz CT molecular complexity index is 970. The van der Waals surface area contributed by atoms with E-state index >= 15 is 0 Å². The minimum Gasteiger partial charge on any atom is -0.477 e. The lowest BCUT2D eigenvalue weighted by Crippen LogP contribution is -2.19. The fraction of sp³-hybridized carbons (Fsp3) is 0.263. The quantitative estimate of drug-likeness (QED) is 0.749. The van der Waals surface area contributed by atoms with Crippen LogP contribution in [0.4, 0.5) is 0 Å². The summed E-state index contributed by atoms with van der Waals surface area (Å²) in [5.41, 5.74) is 1.93. The molecule has 2 aromatic heterocycles. The van der Waals surface area contributed by atoms with Crippen LogP contribution in [0.1, 0.15) is 28.5 Å². The van der Waals surface area contributed by atoms with Gasteiger partial charge in [-0.1, -0.05) is 30.3 Å². The number of aromatic carboxylic acids is 1. The fourth-order valence-corrected chi connectivity index (χ4v) is 2.95. The van der Waals surface area contributed by atoms with Crippen molar-refractivity contribution in [3.8, 4) is 0 Å². The predicted octanol–water partition coefficient (Wildman–Crippen LogP) is 3.00. The van der Waals surface area contributed by atoms with Crippen LogP contribution >= 0.6 is 0 Å². The van der Waals surface area contributed by atoms with Gasteiger partial charge in [-0.2, -0.15) is 0 Å². The van der Waals surface area contributed by atoms with E-state index in [2.05, 4.69) is 0 Å². The lowest BCUT2D eigenvalue weighted by molar-refractivity contribution is 0.0650. The maximum atomic E-state index is 12.5. The molecule has 1 N–H and O–H groups in total. The number of aryl methyl sites for hydroxylation is 2. The molecule has 3 rings (SSSR count). The monoisotopic (exact) mass is 340 g/mol. The van der Waals surface area contributed by atoms with Crippen LogP contribution in [-0.2, 0) is 24.6 Å². The molecule has 0 spiro atoms. The van der Waals surface area contributed by atoms with Crippen molar-refractivity contribution in [1.82, 2.24) is 9.13 Å². The molecule has 0 aliphatic rings. The number of hydrogen-bond donors (Lipinski definition) is 1. The summed E-state index contributed by atoms with van der Waals surface area (Å²) in [6, 6.07) is 11.6. The Morgan fingerprint density at radius 2 is 1.96 bits per heavy atom. The molecule has 3 aromatic rings. The van der Waals surface area contributed by atoms with Crippen molar-refractivity contribution < 1.29 is 14.6 Å². The molecular formula is C19H20N2O4. The number of aromatic nitrogens is 2. The topological polar surface area (TPSA) is 73.5 Å². The lowest BCUT2D eigenvalue weighted by Gasteiger charge is -2.14. The number of rotatable bonds is 6. The van der Waals surface area contributed by atoms with Crippen LogP contribution in [-0.4, -0.2) is 20.2 Å². The van der Waals surface area contributed by atoms with E-state index in [9.17, 15) is 14.7 Å². The van der Waals surface area contributed by atoms with Gasteiger partial charge < -0.3 is 19.0 Å². The first-order valence-corrected chi connectivity index (χ1v) is 8.11. The Morgan fingerprint density at radius 3 is 2.60 bits per heavy atom. The van der Waals surface area contributed by atoms with Crippen molar-refractivity contribution in [1.29, 1.82) is 0 Å². The van der Waals surface area contributed by atoms with E-state index in [-0.39, 0.29) is 12.3 Å². The van der Waals surface area contributed by atoms with E-state index in [0.29, 0.717) is 24.2 Å². The second-order valence-electron chi connectivity index (χ2n) is 5.88. The molecule has 0 saturated heterocycles. The van der Waals surface area contributed by atoms with Gasteiger partial charge in [0.25, 0.3) is 0 Å². The summed E-state index contributed by atoms with van der Waals surface area (Å²) in [4.78, 5) is 23.8. The van der Waals surface area contributed by atoms with Crippen LogP contribution in [0, 0.1) is 6.92 Å². The number of carbonyl (C=O) groups is 1. The first kappa shape index (κ1) is 17.0. The largest absolute Gasteiger partial charge is 0.477 e. The van der Waals surface area contributed by atoms with Gasteiger partial charge in [0.15, 0.2) is 0 Å². The normalized spacial score (nSPS) is 11.1. The first-order chi connectivity index (χ1) is 12.0. The number of pyridine rings is 1. The molecule has 0 amide bonds. The molecule has 0 fully saturated rings. The van der Waals surface area contributed by atoms with Crippen molar-refractivity contribution in [2.24, 2.45) is 0 Å². The smallest absolute Gasteiger partial charge is 0.341 e. The molecule has 0 radical (unpaired) electrons. The van der Waals surface area contributed by atoms with E-state index in [1.807, 2.05) is 48.7 Å².